The number of nitrogens with one attached hydrogen (secondary N) is 1. The second-order valence-corrected chi connectivity index (χ2v) is 5.39. The Labute approximate surface area is 142 Å². The zero-order chi connectivity index (χ0) is 18.4. The monoisotopic (exact) mass is 354 g/mol. The fraction of sp³-hybridized carbons (Fsp3) is 0.294. The van der Waals surface area contributed by atoms with Crippen LogP contribution in [-0.4, -0.2) is 23.3 Å². The number of carbonyl (C=O) groups excluding carboxylic acids is 2. The van der Waals surface area contributed by atoms with Crippen molar-refractivity contribution < 1.29 is 27.2 Å². The maximum absolute atomic E-state index is 12.5. The molecule has 1 aromatic carbocycles. The maximum atomic E-state index is 12.5. The van der Waals surface area contributed by atoms with E-state index >= 15 is 0 Å². The normalized spacial score (nSPS) is 11.2. The molecule has 0 fully saturated rings. The van der Waals surface area contributed by atoms with E-state index in [-0.39, 0.29) is 31.1 Å². The van der Waals surface area contributed by atoms with Crippen molar-refractivity contribution in [2.75, 3.05) is 11.9 Å². The summed E-state index contributed by atoms with van der Waals surface area (Å²) in [5.74, 6) is -0.0115. The summed E-state index contributed by atoms with van der Waals surface area (Å²) in [7, 11) is 0. The highest BCUT2D eigenvalue weighted by Crippen LogP contribution is 2.29. The third-order valence-corrected chi connectivity index (χ3v) is 3.48. The molecule has 0 atom stereocenters. The SMILES string of the molecule is CC(=O)N(CCC(=O)Nc1ccc(C(F)(F)F)cc1)Cc1ccco1. The molecule has 0 saturated carbocycles. The third-order valence-electron chi connectivity index (χ3n) is 3.48. The Morgan fingerprint density at radius 2 is 1.84 bits per heavy atom. The van der Waals surface area contributed by atoms with Crippen LogP contribution in [0, 0.1) is 0 Å². The van der Waals surface area contributed by atoms with Gasteiger partial charge in [0.05, 0.1) is 18.4 Å². The van der Waals surface area contributed by atoms with Gasteiger partial charge in [0.2, 0.25) is 11.8 Å². The molecule has 1 heterocycles. The van der Waals surface area contributed by atoms with Crippen LogP contribution < -0.4 is 5.32 Å². The molecule has 8 heteroatoms. The Kier molecular flexibility index (Phi) is 5.84. The first-order valence-electron chi connectivity index (χ1n) is 7.50. The number of nitrogens with zero attached hydrogens (tertiary/aromatic N) is 1. The number of carbonyl (C=O) groups is 2. The van der Waals surface area contributed by atoms with Gasteiger partial charge in [0.15, 0.2) is 0 Å². The van der Waals surface area contributed by atoms with Crippen LogP contribution in [0.25, 0.3) is 0 Å². The maximum Gasteiger partial charge on any atom is 0.416 e. The molecule has 2 amide bonds. The first-order chi connectivity index (χ1) is 11.8. The summed E-state index contributed by atoms with van der Waals surface area (Å²) in [5.41, 5.74) is -0.523. The minimum Gasteiger partial charge on any atom is -0.467 e. The number of benzene rings is 1. The molecule has 25 heavy (non-hydrogen) atoms. The van der Waals surface area contributed by atoms with Gasteiger partial charge in [-0.05, 0) is 36.4 Å². The standard InChI is InChI=1S/C17H17F3N2O3/c1-12(23)22(11-15-3-2-10-25-15)9-8-16(24)21-14-6-4-13(5-7-14)17(18,19)20/h2-7,10H,8-9,11H2,1H3,(H,21,24). The van der Waals surface area contributed by atoms with Crippen LogP contribution >= 0.6 is 0 Å². The lowest BCUT2D eigenvalue weighted by Crippen LogP contribution is -2.31. The number of rotatable bonds is 6. The van der Waals surface area contributed by atoms with E-state index in [0.29, 0.717) is 5.76 Å². The van der Waals surface area contributed by atoms with Gasteiger partial charge >= 0.3 is 6.18 Å². The number of furan rings is 1. The van der Waals surface area contributed by atoms with Crippen LogP contribution in [0.2, 0.25) is 0 Å². The lowest BCUT2D eigenvalue weighted by Gasteiger charge is -2.19. The topological polar surface area (TPSA) is 62.6 Å². The second kappa shape index (κ2) is 7.87. The Hall–Kier alpha value is -2.77. The van der Waals surface area contributed by atoms with Crippen molar-refractivity contribution in [3.8, 4) is 0 Å². The molecular formula is C17H17F3N2O3. The minimum atomic E-state index is -4.42. The average molecular weight is 354 g/mol. The van der Waals surface area contributed by atoms with E-state index in [0.717, 1.165) is 12.1 Å². The van der Waals surface area contributed by atoms with Crippen LogP contribution in [0.1, 0.15) is 24.7 Å². The summed E-state index contributed by atoms with van der Waals surface area (Å²) in [6.45, 7) is 1.80. The molecule has 1 aromatic heterocycles. The Morgan fingerprint density at radius 1 is 1.16 bits per heavy atom. The van der Waals surface area contributed by atoms with Crippen LogP contribution in [0.3, 0.4) is 0 Å². The number of hydrogen-bond acceptors (Lipinski definition) is 3. The van der Waals surface area contributed by atoms with Gasteiger partial charge in [-0.1, -0.05) is 0 Å². The summed E-state index contributed by atoms with van der Waals surface area (Å²) in [6.07, 6.45) is -2.91. The van der Waals surface area contributed by atoms with E-state index in [9.17, 15) is 22.8 Å². The zero-order valence-corrected chi connectivity index (χ0v) is 13.5. The van der Waals surface area contributed by atoms with Gasteiger partial charge in [-0.2, -0.15) is 13.2 Å². The number of anilines is 1. The quantitative estimate of drug-likeness (QED) is 0.861. The molecule has 0 aliphatic carbocycles. The molecule has 2 rings (SSSR count). The van der Waals surface area contributed by atoms with E-state index in [1.807, 2.05) is 0 Å². The van der Waals surface area contributed by atoms with Crippen LogP contribution in [0.4, 0.5) is 18.9 Å². The Bertz CT molecular complexity index is 710. The van der Waals surface area contributed by atoms with Gasteiger partial charge in [0.1, 0.15) is 5.76 Å². The van der Waals surface area contributed by atoms with Gasteiger partial charge < -0.3 is 14.6 Å². The summed E-state index contributed by atoms with van der Waals surface area (Å²) in [5, 5.41) is 2.51. The zero-order valence-electron chi connectivity index (χ0n) is 13.5. The molecule has 0 aliphatic heterocycles. The fourth-order valence-corrected chi connectivity index (χ4v) is 2.14. The van der Waals surface area contributed by atoms with Crippen LogP contribution in [0.15, 0.2) is 47.1 Å². The van der Waals surface area contributed by atoms with E-state index in [1.54, 1.807) is 12.1 Å². The van der Waals surface area contributed by atoms with Crippen molar-refractivity contribution in [3.05, 3.63) is 54.0 Å². The summed E-state index contributed by atoms with van der Waals surface area (Å²) in [4.78, 5) is 25.0. The highest BCUT2D eigenvalue weighted by molar-refractivity contribution is 5.91. The molecule has 134 valence electrons. The van der Waals surface area contributed by atoms with Crippen LogP contribution in [0.5, 0.6) is 0 Å². The second-order valence-electron chi connectivity index (χ2n) is 5.39. The number of hydrogen-bond donors (Lipinski definition) is 1. The summed E-state index contributed by atoms with van der Waals surface area (Å²) >= 11 is 0. The molecule has 0 unspecified atom stereocenters. The first-order valence-corrected chi connectivity index (χ1v) is 7.50. The first kappa shape index (κ1) is 18.6. The van der Waals surface area contributed by atoms with Gasteiger partial charge in [0.25, 0.3) is 0 Å². The van der Waals surface area contributed by atoms with Gasteiger partial charge in [-0.3, -0.25) is 9.59 Å². The third kappa shape index (κ3) is 5.66. The predicted molar refractivity (Wildman–Crippen MR) is 84.5 cm³/mol. The lowest BCUT2D eigenvalue weighted by molar-refractivity contribution is -0.137. The van der Waals surface area contributed by atoms with E-state index in [2.05, 4.69) is 5.32 Å². The van der Waals surface area contributed by atoms with E-state index in [1.165, 1.54) is 30.2 Å². The van der Waals surface area contributed by atoms with Crippen molar-refractivity contribution in [2.24, 2.45) is 0 Å². The van der Waals surface area contributed by atoms with Crippen molar-refractivity contribution in [1.29, 1.82) is 0 Å². The molecule has 2 aromatic rings. The number of halogens is 3. The Morgan fingerprint density at radius 3 is 2.36 bits per heavy atom. The molecule has 0 bridgehead atoms. The molecule has 0 radical (unpaired) electrons. The van der Waals surface area contributed by atoms with Crippen LogP contribution in [-0.2, 0) is 22.3 Å². The predicted octanol–water partition coefficient (Wildman–Crippen LogP) is 3.68. The molecule has 1 N–H and O–H groups in total. The number of amides is 2. The van der Waals surface area contributed by atoms with Crippen molar-refractivity contribution >= 4 is 17.5 Å². The van der Waals surface area contributed by atoms with Gasteiger partial charge in [-0.15, -0.1) is 0 Å². The molecular weight excluding hydrogens is 337 g/mol. The van der Waals surface area contributed by atoms with E-state index in [4.69, 9.17) is 4.42 Å². The minimum absolute atomic E-state index is 0.0152. The van der Waals surface area contributed by atoms with Crippen molar-refractivity contribution in [3.63, 3.8) is 0 Å². The fourth-order valence-electron chi connectivity index (χ4n) is 2.14. The largest absolute Gasteiger partial charge is 0.467 e. The van der Waals surface area contributed by atoms with Gasteiger partial charge in [-0.25, -0.2) is 0 Å². The van der Waals surface area contributed by atoms with Crippen molar-refractivity contribution in [1.82, 2.24) is 4.90 Å². The molecule has 0 saturated heterocycles. The smallest absolute Gasteiger partial charge is 0.416 e. The number of alkyl halides is 3. The van der Waals surface area contributed by atoms with Crippen molar-refractivity contribution in [2.45, 2.75) is 26.1 Å². The summed E-state index contributed by atoms with van der Waals surface area (Å²) < 4.78 is 42.6. The lowest BCUT2D eigenvalue weighted by atomic mass is 10.2. The molecule has 5 nitrogen and oxygen atoms in total. The highest BCUT2D eigenvalue weighted by atomic mass is 19.4. The average Bonchev–Trinajstić information content (AvgIpc) is 3.04. The molecule has 0 aliphatic rings. The van der Waals surface area contributed by atoms with Gasteiger partial charge in [0, 0.05) is 25.6 Å². The molecule has 0 spiro atoms. The Balaban J connectivity index is 1.87. The summed E-state index contributed by atoms with van der Waals surface area (Å²) in [6, 6.07) is 7.59. The highest BCUT2D eigenvalue weighted by Gasteiger charge is 2.30. The van der Waals surface area contributed by atoms with E-state index < -0.39 is 17.6 Å².